The second kappa shape index (κ2) is 10.5. The molecule has 7 heteroatoms. The van der Waals surface area contributed by atoms with Gasteiger partial charge in [0.1, 0.15) is 15.9 Å². The molecule has 1 aliphatic carbocycles. The van der Waals surface area contributed by atoms with Crippen molar-refractivity contribution >= 4 is 33.9 Å². The predicted octanol–water partition coefficient (Wildman–Crippen LogP) is 6.85. The molecule has 4 heterocycles. The van der Waals surface area contributed by atoms with Gasteiger partial charge in [-0.25, -0.2) is 9.48 Å². The van der Waals surface area contributed by atoms with E-state index in [2.05, 4.69) is 59.3 Å². The SMILES string of the molecule is COC(=O)c1sc(-c2ccc(-n3cc4ncccc4n3)cc2)cc1C1=C(C2CCC(C)CC2)CN(C)CC1. The molecule has 1 aromatic carbocycles. The van der Waals surface area contributed by atoms with Gasteiger partial charge in [-0.15, -0.1) is 11.3 Å². The number of hydrogen-bond donors (Lipinski definition) is 0. The monoisotopic (exact) mass is 526 g/mol. The first-order valence-corrected chi connectivity index (χ1v) is 14.4. The Kier molecular flexibility index (Phi) is 6.89. The van der Waals surface area contributed by atoms with E-state index in [-0.39, 0.29) is 5.97 Å². The lowest BCUT2D eigenvalue weighted by Crippen LogP contribution is -2.31. The lowest BCUT2D eigenvalue weighted by atomic mass is 9.75. The minimum absolute atomic E-state index is 0.244. The maximum atomic E-state index is 13.0. The van der Waals surface area contributed by atoms with E-state index in [0.717, 1.165) is 63.0 Å². The molecule has 4 aromatic rings. The number of thiophene rings is 1. The number of aromatic nitrogens is 3. The smallest absolute Gasteiger partial charge is 0.348 e. The molecular weight excluding hydrogens is 492 g/mol. The summed E-state index contributed by atoms with van der Waals surface area (Å²) in [4.78, 5) is 21.6. The third-order valence-electron chi connectivity index (χ3n) is 8.20. The molecule has 0 N–H and O–H groups in total. The molecule has 6 rings (SSSR count). The number of pyridine rings is 1. The molecule has 0 spiro atoms. The Hall–Kier alpha value is -3.29. The normalized spacial score (nSPS) is 20.7. The molecule has 0 atom stereocenters. The first-order chi connectivity index (χ1) is 18.5. The molecule has 2 aliphatic rings. The first kappa shape index (κ1) is 25.0. The van der Waals surface area contributed by atoms with Crippen molar-refractivity contribution in [1.82, 2.24) is 19.7 Å². The molecule has 0 amide bonds. The summed E-state index contributed by atoms with van der Waals surface area (Å²) >= 11 is 1.54. The van der Waals surface area contributed by atoms with Crippen LogP contribution in [0.2, 0.25) is 0 Å². The maximum Gasteiger partial charge on any atom is 0.348 e. The number of fused-ring (bicyclic) bond motifs is 1. The van der Waals surface area contributed by atoms with E-state index in [9.17, 15) is 4.79 Å². The Labute approximate surface area is 228 Å². The predicted molar refractivity (Wildman–Crippen MR) is 154 cm³/mol. The van der Waals surface area contributed by atoms with Crippen molar-refractivity contribution in [2.45, 2.75) is 39.0 Å². The second-order valence-corrected chi connectivity index (χ2v) is 11.9. The highest BCUT2D eigenvalue weighted by atomic mass is 32.1. The molecule has 1 aliphatic heterocycles. The fraction of sp³-hybridized carbons (Fsp3) is 0.387. The Bertz CT molecular complexity index is 1460. The molecule has 6 nitrogen and oxygen atoms in total. The summed E-state index contributed by atoms with van der Waals surface area (Å²) in [6, 6.07) is 14.5. The molecule has 1 fully saturated rings. The van der Waals surface area contributed by atoms with Crippen LogP contribution >= 0.6 is 11.3 Å². The van der Waals surface area contributed by atoms with E-state index in [1.165, 1.54) is 55.3 Å². The van der Waals surface area contributed by atoms with Crippen LogP contribution in [0.3, 0.4) is 0 Å². The van der Waals surface area contributed by atoms with E-state index in [0.29, 0.717) is 5.92 Å². The van der Waals surface area contributed by atoms with Crippen LogP contribution in [0.1, 0.15) is 54.3 Å². The quantitative estimate of drug-likeness (QED) is 0.266. The van der Waals surface area contributed by atoms with Crippen molar-refractivity contribution in [2.24, 2.45) is 11.8 Å². The average Bonchev–Trinajstić information content (AvgIpc) is 3.58. The van der Waals surface area contributed by atoms with Gasteiger partial charge in [0.2, 0.25) is 0 Å². The number of carbonyl (C=O) groups is 1. The summed E-state index contributed by atoms with van der Waals surface area (Å²) < 4.78 is 7.12. The Morgan fingerprint density at radius 2 is 1.87 bits per heavy atom. The number of hydrogen-bond acceptors (Lipinski definition) is 6. The third kappa shape index (κ3) is 4.81. The van der Waals surface area contributed by atoms with Crippen molar-refractivity contribution in [1.29, 1.82) is 0 Å². The van der Waals surface area contributed by atoms with Crippen molar-refractivity contribution in [3.05, 3.63) is 70.9 Å². The highest BCUT2D eigenvalue weighted by molar-refractivity contribution is 7.17. The fourth-order valence-electron chi connectivity index (χ4n) is 5.99. The number of carbonyl (C=O) groups excluding carboxylic acids is 1. The van der Waals surface area contributed by atoms with Gasteiger partial charge in [0.05, 0.1) is 19.0 Å². The molecule has 0 bridgehead atoms. The average molecular weight is 527 g/mol. The number of methoxy groups -OCH3 is 1. The van der Waals surface area contributed by atoms with E-state index in [1.807, 2.05) is 23.0 Å². The number of esters is 1. The summed E-state index contributed by atoms with van der Waals surface area (Å²) in [7, 11) is 3.69. The van der Waals surface area contributed by atoms with Crippen molar-refractivity contribution in [3.8, 4) is 16.1 Å². The molecule has 1 saturated carbocycles. The van der Waals surface area contributed by atoms with Crippen molar-refractivity contribution < 1.29 is 9.53 Å². The standard InChI is InChI=1S/C31H34N4O2S/c1-20-6-8-21(9-7-20)26-18-34(2)16-14-24(26)25-17-29(38-30(25)31(36)37-3)22-10-12-23(13-11-22)35-19-28-27(33-35)5-4-15-32-28/h4-5,10-13,15,17,19-21H,6-9,14,16,18H2,1-3H3. The zero-order valence-corrected chi connectivity index (χ0v) is 23.1. The van der Waals surface area contributed by atoms with E-state index in [4.69, 9.17) is 4.74 Å². The van der Waals surface area contributed by atoms with Crippen LogP contribution in [-0.2, 0) is 4.74 Å². The van der Waals surface area contributed by atoms with Crippen LogP contribution < -0.4 is 0 Å². The van der Waals surface area contributed by atoms with Gasteiger partial charge in [0.15, 0.2) is 0 Å². The Morgan fingerprint density at radius 3 is 2.61 bits per heavy atom. The minimum atomic E-state index is -0.244. The van der Waals surface area contributed by atoms with Crippen LogP contribution in [0, 0.1) is 11.8 Å². The summed E-state index contributed by atoms with van der Waals surface area (Å²) in [6.45, 7) is 4.37. The third-order valence-corrected chi connectivity index (χ3v) is 9.36. The van der Waals surface area contributed by atoms with Crippen molar-refractivity contribution in [2.75, 3.05) is 27.2 Å². The summed E-state index contributed by atoms with van der Waals surface area (Å²) in [5, 5.41) is 4.65. The number of nitrogens with zero attached hydrogens (tertiary/aromatic N) is 4. The van der Waals surface area contributed by atoms with Crippen molar-refractivity contribution in [3.63, 3.8) is 0 Å². The second-order valence-electron chi connectivity index (χ2n) is 10.8. The fourth-order valence-corrected chi connectivity index (χ4v) is 7.10. The Morgan fingerprint density at radius 1 is 1.08 bits per heavy atom. The largest absolute Gasteiger partial charge is 0.465 e. The minimum Gasteiger partial charge on any atom is -0.465 e. The number of likely N-dealkylation sites (N-methyl/N-ethyl adjacent to an activating group) is 1. The van der Waals surface area contributed by atoms with Gasteiger partial charge in [-0.1, -0.05) is 31.9 Å². The topological polar surface area (TPSA) is 60.3 Å². The van der Waals surface area contributed by atoms with Gasteiger partial charge in [0.25, 0.3) is 0 Å². The molecule has 0 saturated heterocycles. The molecular formula is C31H34N4O2S. The van der Waals surface area contributed by atoms with Crippen LogP contribution in [0.25, 0.3) is 32.7 Å². The van der Waals surface area contributed by atoms with E-state index in [1.54, 1.807) is 6.20 Å². The maximum absolute atomic E-state index is 13.0. The number of benzene rings is 1. The van der Waals surface area contributed by atoms with Gasteiger partial charge >= 0.3 is 5.97 Å². The van der Waals surface area contributed by atoms with E-state index < -0.39 is 0 Å². The summed E-state index contributed by atoms with van der Waals surface area (Å²) in [5.74, 6) is 1.18. The van der Waals surface area contributed by atoms with Gasteiger partial charge in [-0.2, -0.15) is 5.10 Å². The molecule has 0 radical (unpaired) electrons. The van der Waals surface area contributed by atoms with Gasteiger partial charge in [-0.3, -0.25) is 4.98 Å². The zero-order chi connectivity index (χ0) is 26.2. The lowest BCUT2D eigenvalue weighted by molar-refractivity contribution is 0.0606. The highest BCUT2D eigenvalue weighted by Crippen LogP contribution is 2.43. The van der Waals surface area contributed by atoms with Crippen LogP contribution in [-0.4, -0.2) is 52.9 Å². The number of ether oxygens (including phenoxy) is 1. The van der Waals surface area contributed by atoms with E-state index >= 15 is 0 Å². The zero-order valence-electron chi connectivity index (χ0n) is 22.3. The van der Waals surface area contributed by atoms with Gasteiger partial charge in [0, 0.05) is 29.7 Å². The van der Waals surface area contributed by atoms with Crippen LogP contribution in [0.4, 0.5) is 0 Å². The summed E-state index contributed by atoms with van der Waals surface area (Å²) in [6.07, 6.45) is 9.78. The lowest BCUT2D eigenvalue weighted by Gasteiger charge is -2.35. The summed E-state index contributed by atoms with van der Waals surface area (Å²) in [5.41, 5.74) is 7.79. The molecule has 196 valence electrons. The molecule has 3 aromatic heterocycles. The van der Waals surface area contributed by atoms with Crippen LogP contribution in [0.15, 0.2) is 60.4 Å². The van der Waals surface area contributed by atoms with Crippen LogP contribution in [0.5, 0.6) is 0 Å². The molecule has 38 heavy (non-hydrogen) atoms. The highest BCUT2D eigenvalue weighted by Gasteiger charge is 2.30. The number of rotatable bonds is 5. The Balaban J connectivity index is 1.37. The molecule has 0 unspecified atom stereocenters. The first-order valence-electron chi connectivity index (χ1n) is 13.5. The van der Waals surface area contributed by atoms with Gasteiger partial charge < -0.3 is 9.64 Å². The van der Waals surface area contributed by atoms with Gasteiger partial charge in [-0.05, 0) is 85.2 Å².